The molecule has 0 aliphatic carbocycles. The number of carbonyl (C=O) groups is 2. The van der Waals surface area contributed by atoms with Crippen LogP contribution in [0.3, 0.4) is 0 Å². The number of rotatable bonds is 5. The summed E-state index contributed by atoms with van der Waals surface area (Å²) in [7, 11) is 2.03. The fourth-order valence-electron chi connectivity index (χ4n) is 3.95. The molecule has 142 valence electrons. The highest BCUT2D eigenvalue weighted by atomic mass is 16.1. The van der Waals surface area contributed by atoms with Crippen molar-refractivity contribution in [2.24, 2.45) is 0 Å². The average molecular weight is 372 g/mol. The highest BCUT2D eigenvalue weighted by Crippen LogP contribution is 2.34. The third-order valence-corrected chi connectivity index (χ3v) is 5.40. The SMILES string of the molecule is CN1CCC(=O)c2c1ccc1cccc(CCNC(=O)Cc3ccccc3)c21. The van der Waals surface area contributed by atoms with Crippen LogP contribution in [-0.4, -0.2) is 31.8 Å². The molecule has 4 nitrogen and oxygen atoms in total. The van der Waals surface area contributed by atoms with Gasteiger partial charge >= 0.3 is 0 Å². The molecule has 0 saturated carbocycles. The summed E-state index contributed by atoms with van der Waals surface area (Å²) < 4.78 is 0. The number of nitrogens with zero attached hydrogens (tertiary/aromatic N) is 1. The van der Waals surface area contributed by atoms with Gasteiger partial charge in [-0.1, -0.05) is 54.6 Å². The molecule has 1 N–H and O–H groups in total. The highest BCUT2D eigenvalue weighted by Gasteiger charge is 2.24. The monoisotopic (exact) mass is 372 g/mol. The summed E-state index contributed by atoms with van der Waals surface area (Å²) in [6, 6.07) is 20.0. The predicted molar refractivity (Wildman–Crippen MR) is 113 cm³/mol. The number of carbonyl (C=O) groups excluding carboxylic acids is 2. The molecule has 0 fully saturated rings. The van der Waals surface area contributed by atoms with Gasteiger partial charge in [0.2, 0.25) is 5.91 Å². The van der Waals surface area contributed by atoms with Crippen molar-refractivity contribution in [1.29, 1.82) is 0 Å². The minimum atomic E-state index is 0.0178. The van der Waals surface area contributed by atoms with Crippen LogP contribution in [0.15, 0.2) is 60.7 Å². The first-order chi connectivity index (χ1) is 13.6. The molecule has 4 rings (SSSR count). The Balaban J connectivity index is 1.53. The summed E-state index contributed by atoms with van der Waals surface area (Å²) in [6.45, 7) is 1.31. The summed E-state index contributed by atoms with van der Waals surface area (Å²) in [4.78, 5) is 27.1. The summed E-state index contributed by atoms with van der Waals surface area (Å²) in [6.07, 6.45) is 1.63. The maximum Gasteiger partial charge on any atom is 0.224 e. The normalized spacial score (nSPS) is 13.5. The van der Waals surface area contributed by atoms with E-state index in [2.05, 4.69) is 28.4 Å². The van der Waals surface area contributed by atoms with Crippen LogP contribution >= 0.6 is 0 Å². The van der Waals surface area contributed by atoms with E-state index in [9.17, 15) is 9.59 Å². The van der Waals surface area contributed by atoms with Crippen molar-refractivity contribution in [3.63, 3.8) is 0 Å². The summed E-state index contributed by atoms with van der Waals surface area (Å²) >= 11 is 0. The van der Waals surface area contributed by atoms with Crippen molar-refractivity contribution in [3.8, 4) is 0 Å². The molecule has 3 aromatic rings. The Kier molecular flexibility index (Phi) is 5.11. The lowest BCUT2D eigenvalue weighted by Crippen LogP contribution is -2.29. The van der Waals surface area contributed by atoms with Gasteiger partial charge in [-0.05, 0) is 34.4 Å². The van der Waals surface area contributed by atoms with Crippen molar-refractivity contribution in [2.75, 3.05) is 25.0 Å². The number of hydrogen-bond donors (Lipinski definition) is 1. The number of amides is 1. The lowest BCUT2D eigenvalue weighted by atomic mass is 9.90. The second kappa shape index (κ2) is 7.85. The molecule has 0 spiro atoms. The smallest absolute Gasteiger partial charge is 0.224 e. The summed E-state index contributed by atoms with van der Waals surface area (Å²) in [5.41, 5.74) is 3.95. The molecular weight excluding hydrogens is 348 g/mol. The number of ketones is 1. The zero-order chi connectivity index (χ0) is 19.5. The van der Waals surface area contributed by atoms with Gasteiger partial charge in [0.25, 0.3) is 0 Å². The number of fused-ring (bicyclic) bond motifs is 3. The first kappa shape index (κ1) is 18.2. The van der Waals surface area contributed by atoms with Crippen LogP contribution in [0, 0.1) is 0 Å². The first-order valence-electron chi connectivity index (χ1n) is 9.73. The van der Waals surface area contributed by atoms with E-state index < -0.39 is 0 Å². The minimum absolute atomic E-state index is 0.0178. The van der Waals surface area contributed by atoms with E-state index in [1.165, 1.54) is 0 Å². The van der Waals surface area contributed by atoms with Crippen molar-refractivity contribution < 1.29 is 9.59 Å². The van der Waals surface area contributed by atoms with Gasteiger partial charge in [-0.25, -0.2) is 0 Å². The molecule has 28 heavy (non-hydrogen) atoms. The fraction of sp³-hybridized carbons (Fsp3) is 0.250. The third kappa shape index (κ3) is 3.63. The molecule has 0 bridgehead atoms. The lowest BCUT2D eigenvalue weighted by Gasteiger charge is -2.28. The molecule has 0 unspecified atom stereocenters. The number of benzene rings is 3. The maximum absolute atomic E-state index is 12.7. The van der Waals surface area contributed by atoms with Crippen LogP contribution in [-0.2, 0) is 17.6 Å². The van der Waals surface area contributed by atoms with E-state index in [4.69, 9.17) is 0 Å². The fourth-order valence-corrected chi connectivity index (χ4v) is 3.95. The zero-order valence-electron chi connectivity index (χ0n) is 16.1. The van der Waals surface area contributed by atoms with Crippen molar-refractivity contribution in [3.05, 3.63) is 77.4 Å². The molecule has 0 atom stereocenters. The second-order valence-electron chi connectivity index (χ2n) is 7.33. The van der Waals surface area contributed by atoms with Gasteiger partial charge in [0.1, 0.15) is 0 Å². The van der Waals surface area contributed by atoms with Gasteiger partial charge < -0.3 is 10.2 Å². The maximum atomic E-state index is 12.7. The van der Waals surface area contributed by atoms with Gasteiger partial charge in [0.05, 0.1) is 6.42 Å². The standard InChI is InChI=1S/C24H24N2O2/c1-26-15-13-21(27)24-20(26)11-10-18-8-5-9-19(23(18)24)12-14-25-22(28)16-17-6-3-2-4-7-17/h2-11H,12-16H2,1H3,(H,25,28). The zero-order valence-corrected chi connectivity index (χ0v) is 16.1. The average Bonchev–Trinajstić information content (AvgIpc) is 2.71. The Morgan fingerprint density at radius 1 is 1.04 bits per heavy atom. The highest BCUT2D eigenvalue weighted by molar-refractivity contribution is 6.15. The van der Waals surface area contributed by atoms with Crippen molar-refractivity contribution in [1.82, 2.24) is 5.32 Å². The molecule has 1 aliphatic heterocycles. The van der Waals surface area contributed by atoms with Gasteiger partial charge in [0.15, 0.2) is 5.78 Å². The van der Waals surface area contributed by atoms with Gasteiger partial charge in [-0.2, -0.15) is 0 Å². The number of nitrogens with one attached hydrogen (secondary N) is 1. The number of hydrogen-bond acceptors (Lipinski definition) is 3. The topological polar surface area (TPSA) is 49.4 Å². The Morgan fingerprint density at radius 3 is 2.68 bits per heavy atom. The van der Waals surface area contributed by atoms with E-state index in [-0.39, 0.29) is 11.7 Å². The van der Waals surface area contributed by atoms with E-state index >= 15 is 0 Å². The quantitative estimate of drug-likeness (QED) is 0.742. The van der Waals surface area contributed by atoms with Gasteiger partial charge in [0, 0.05) is 37.8 Å². The molecule has 1 amide bonds. The van der Waals surface area contributed by atoms with Crippen LogP contribution < -0.4 is 10.2 Å². The minimum Gasteiger partial charge on any atom is -0.374 e. The van der Waals surface area contributed by atoms with Gasteiger partial charge in [-0.3, -0.25) is 9.59 Å². The molecule has 0 saturated heterocycles. The van der Waals surface area contributed by atoms with E-state index in [1.54, 1.807) is 0 Å². The first-order valence-corrected chi connectivity index (χ1v) is 9.73. The molecule has 1 heterocycles. The van der Waals surface area contributed by atoms with Crippen molar-refractivity contribution in [2.45, 2.75) is 19.3 Å². The van der Waals surface area contributed by atoms with Crippen LogP contribution in [0.5, 0.6) is 0 Å². The van der Waals surface area contributed by atoms with E-state index in [0.29, 0.717) is 25.8 Å². The largest absolute Gasteiger partial charge is 0.374 e. The molecule has 4 heteroatoms. The molecule has 3 aromatic carbocycles. The Hall–Kier alpha value is -3.14. The lowest BCUT2D eigenvalue weighted by molar-refractivity contribution is -0.120. The van der Waals surface area contributed by atoms with Crippen LogP contribution in [0.4, 0.5) is 5.69 Å². The molecule has 1 aliphatic rings. The molecular formula is C24H24N2O2. The van der Waals surface area contributed by atoms with E-state index in [0.717, 1.165) is 39.7 Å². The predicted octanol–water partition coefficient (Wildman–Crippen LogP) is 3.76. The van der Waals surface area contributed by atoms with Crippen LogP contribution in [0.1, 0.15) is 27.9 Å². The van der Waals surface area contributed by atoms with Crippen LogP contribution in [0.25, 0.3) is 10.8 Å². The molecule has 0 radical (unpaired) electrons. The Morgan fingerprint density at radius 2 is 1.86 bits per heavy atom. The van der Waals surface area contributed by atoms with Crippen molar-refractivity contribution >= 4 is 28.2 Å². The Labute approximate surface area is 165 Å². The Bertz CT molecular complexity index is 1030. The molecule has 0 aromatic heterocycles. The van der Waals surface area contributed by atoms with Crippen LogP contribution in [0.2, 0.25) is 0 Å². The second-order valence-corrected chi connectivity index (χ2v) is 7.33. The van der Waals surface area contributed by atoms with E-state index in [1.807, 2.05) is 49.5 Å². The summed E-state index contributed by atoms with van der Waals surface area (Å²) in [5, 5.41) is 5.13. The third-order valence-electron chi connectivity index (χ3n) is 5.40. The summed E-state index contributed by atoms with van der Waals surface area (Å²) in [5.74, 6) is 0.225. The van der Waals surface area contributed by atoms with Gasteiger partial charge in [-0.15, -0.1) is 0 Å². The number of anilines is 1. The number of Topliss-reactive ketones (excluding diaryl/α,β-unsaturated/α-hetero) is 1.